The lowest BCUT2D eigenvalue weighted by Crippen LogP contribution is -2.33. The van der Waals surface area contributed by atoms with Gasteiger partial charge in [0.2, 0.25) is 0 Å². The van der Waals surface area contributed by atoms with Crippen molar-refractivity contribution in [3.63, 3.8) is 0 Å². The molecule has 0 saturated heterocycles. The van der Waals surface area contributed by atoms with E-state index in [0.717, 1.165) is 19.3 Å². The van der Waals surface area contributed by atoms with E-state index >= 15 is 0 Å². The van der Waals surface area contributed by atoms with Crippen LogP contribution in [0.2, 0.25) is 5.02 Å². The molecule has 3 heteroatoms. The Morgan fingerprint density at radius 1 is 1.24 bits per heavy atom. The zero-order chi connectivity index (χ0) is 14.8. The van der Waals surface area contributed by atoms with Crippen molar-refractivity contribution in [1.82, 2.24) is 0 Å². The number of halogens is 2. The smallest absolute Gasteiger partial charge is 0.126 e. The zero-order valence-corrected chi connectivity index (χ0v) is 12.6. The Kier molecular flexibility index (Phi) is 4.27. The van der Waals surface area contributed by atoms with Crippen LogP contribution in [0.1, 0.15) is 35.4 Å². The predicted octanol–water partition coefficient (Wildman–Crippen LogP) is 4.47. The first kappa shape index (κ1) is 14.6. The van der Waals surface area contributed by atoms with E-state index in [1.54, 1.807) is 12.1 Å². The molecule has 0 radical (unpaired) electrons. The molecule has 2 aromatic rings. The van der Waals surface area contributed by atoms with Crippen LogP contribution in [0.4, 0.5) is 4.39 Å². The molecule has 1 nitrogen and oxygen atoms in total. The Hall–Kier alpha value is -1.38. The lowest BCUT2D eigenvalue weighted by molar-refractivity contribution is 0.454. The highest BCUT2D eigenvalue weighted by atomic mass is 35.5. The Morgan fingerprint density at radius 3 is 2.90 bits per heavy atom. The van der Waals surface area contributed by atoms with Gasteiger partial charge < -0.3 is 5.73 Å². The van der Waals surface area contributed by atoms with E-state index in [1.807, 2.05) is 0 Å². The van der Waals surface area contributed by atoms with Gasteiger partial charge in [0.1, 0.15) is 5.82 Å². The average molecular weight is 304 g/mol. The number of hydrogen-bond donors (Lipinski definition) is 1. The third kappa shape index (κ3) is 3.12. The number of aryl methyl sites for hydroxylation is 1. The van der Waals surface area contributed by atoms with Crippen molar-refractivity contribution >= 4 is 11.6 Å². The van der Waals surface area contributed by atoms with Gasteiger partial charge in [0.05, 0.1) is 0 Å². The molecule has 0 aliphatic heterocycles. The van der Waals surface area contributed by atoms with E-state index in [1.165, 1.54) is 17.2 Å². The van der Waals surface area contributed by atoms with Crippen LogP contribution in [-0.4, -0.2) is 6.04 Å². The van der Waals surface area contributed by atoms with Gasteiger partial charge in [0.15, 0.2) is 0 Å². The maximum Gasteiger partial charge on any atom is 0.126 e. The fraction of sp³-hybridized carbons (Fsp3) is 0.333. The summed E-state index contributed by atoms with van der Waals surface area (Å²) in [4.78, 5) is 0. The second-order valence-corrected chi connectivity index (χ2v) is 6.24. The van der Waals surface area contributed by atoms with Gasteiger partial charge in [-0.3, -0.25) is 0 Å². The highest BCUT2D eigenvalue weighted by Gasteiger charge is 2.26. The molecule has 0 spiro atoms. The van der Waals surface area contributed by atoms with E-state index in [2.05, 4.69) is 24.3 Å². The predicted molar refractivity (Wildman–Crippen MR) is 85.2 cm³/mol. The monoisotopic (exact) mass is 303 g/mol. The zero-order valence-electron chi connectivity index (χ0n) is 11.9. The third-order valence-corrected chi connectivity index (χ3v) is 4.63. The number of hydrogen-bond acceptors (Lipinski definition) is 1. The first-order valence-corrected chi connectivity index (χ1v) is 7.80. The van der Waals surface area contributed by atoms with Crippen LogP contribution in [-0.2, 0) is 12.8 Å². The molecule has 2 N–H and O–H groups in total. The molecule has 2 atom stereocenters. The van der Waals surface area contributed by atoms with Gasteiger partial charge in [-0.15, -0.1) is 0 Å². The largest absolute Gasteiger partial charge is 0.327 e. The van der Waals surface area contributed by atoms with Crippen molar-refractivity contribution in [3.05, 3.63) is 70.0 Å². The van der Waals surface area contributed by atoms with Gasteiger partial charge in [0, 0.05) is 11.1 Å². The first-order valence-electron chi connectivity index (χ1n) is 7.42. The van der Waals surface area contributed by atoms with E-state index in [9.17, 15) is 4.39 Å². The fourth-order valence-corrected chi connectivity index (χ4v) is 3.53. The molecule has 1 aliphatic rings. The van der Waals surface area contributed by atoms with Crippen LogP contribution in [0.25, 0.3) is 0 Å². The Bertz CT molecular complexity index is 641. The van der Waals surface area contributed by atoms with Gasteiger partial charge in [-0.25, -0.2) is 4.39 Å². The summed E-state index contributed by atoms with van der Waals surface area (Å²) >= 11 is 5.96. The maximum atomic E-state index is 13.9. The molecule has 2 unspecified atom stereocenters. The van der Waals surface area contributed by atoms with Gasteiger partial charge >= 0.3 is 0 Å². The highest BCUT2D eigenvalue weighted by Crippen LogP contribution is 2.34. The summed E-state index contributed by atoms with van der Waals surface area (Å²) in [6, 6.07) is 13.1. The molecule has 21 heavy (non-hydrogen) atoms. The van der Waals surface area contributed by atoms with Crippen LogP contribution in [0.15, 0.2) is 42.5 Å². The molecule has 1 aliphatic carbocycles. The number of rotatable bonds is 3. The number of benzene rings is 2. The second-order valence-electron chi connectivity index (χ2n) is 5.80. The summed E-state index contributed by atoms with van der Waals surface area (Å²) in [6.07, 6.45) is 3.85. The molecule has 0 aromatic heterocycles. The number of fused-ring (bicyclic) bond motifs is 1. The van der Waals surface area contributed by atoms with Gasteiger partial charge in [0.25, 0.3) is 0 Å². The number of nitrogens with two attached hydrogens (primary N) is 1. The van der Waals surface area contributed by atoms with Crippen LogP contribution in [0.3, 0.4) is 0 Å². The minimum atomic E-state index is -0.223. The lowest BCUT2D eigenvalue weighted by Gasteiger charge is -2.30. The SMILES string of the molecule is NC(Cc1cc(Cl)ccc1F)C1CCCc2ccccc21. The molecular formula is C18H19ClFN. The Balaban J connectivity index is 1.83. The van der Waals surface area contributed by atoms with Gasteiger partial charge in [-0.1, -0.05) is 35.9 Å². The van der Waals surface area contributed by atoms with Crippen molar-refractivity contribution in [2.45, 2.75) is 37.6 Å². The first-order chi connectivity index (χ1) is 10.1. The molecular weight excluding hydrogens is 285 g/mol. The van der Waals surface area contributed by atoms with Crippen molar-refractivity contribution in [3.8, 4) is 0 Å². The van der Waals surface area contributed by atoms with Crippen LogP contribution >= 0.6 is 11.6 Å². The molecule has 0 bridgehead atoms. The second kappa shape index (κ2) is 6.17. The summed E-state index contributed by atoms with van der Waals surface area (Å²) in [6.45, 7) is 0. The molecule has 0 fully saturated rings. The minimum absolute atomic E-state index is 0.0839. The molecule has 0 heterocycles. The van der Waals surface area contributed by atoms with Crippen LogP contribution in [0, 0.1) is 5.82 Å². The van der Waals surface area contributed by atoms with Crippen LogP contribution < -0.4 is 5.73 Å². The summed E-state index contributed by atoms with van der Waals surface area (Å²) < 4.78 is 13.9. The van der Waals surface area contributed by atoms with Gasteiger partial charge in [-0.2, -0.15) is 0 Å². The summed E-state index contributed by atoms with van der Waals surface area (Å²) in [5, 5.41) is 0.558. The topological polar surface area (TPSA) is 26.0 Å². The summed E-state index contributed by atoms with van der Waals surface area (Å²) in [5.74, 6) is 0.0762. The highest BCUT2D eigenvalue weighted by molar-refractivity contribution is 6.30. The van der Waals surface area contributed by atoms with Crippen molar-refractivity contribution in [1.29, 1.82) is 0 Å². The Morgan fingerprint density at radius 2 is 2.05 bits per heavy atom. The van der Waals surface area contributed by atoms with Crippen molar-refractivity contribution < 1.29 is 4.39 Å². The lowest BCUT2D eigenvalue weighted by atomic mass is 9.77. The van der Waals surface area contributed by atoms with E-state index in [4.69, 9.17) is 17.3 Å². The van der Waals surface area contributed by atoms with Crippen molar-refractivity contribution in [2.75, 3.05) is 0 Å². The molecule has 0 amide bonds. The standard InChI is InChI=1S/C18H19ClFN/c19-14-8-9-17(20)13(10-14)11-18(21)16-7-3-5-12-4-1-2-6-15(12)16/h1-2,4,6,8-10,16,18H,3,5,7,11,21H2. The van der Waals surface area contributed by atoms with E-state index < -0.39 is 0 Å². The molecule has 3 rings (SSSR count). The third-order valence-electron chi connectivity index (χ3n) is 4.40. The van der Waals surface area contributed by atoms with E-state index in [-0.39, 0.29) is 11.9 Å². The quantitative estimate of drug-likeness (QED) is 0.889. The Labute approximate surface area is 129 Å². The minimum Gasteiger partial charge on any atom is -0.327 e. The normalized spacial score (nSPS) is 19.1. The fourth-order valence-electron chi connectivity index (χ4n) is 3.33. The summed E-state index contributed by atoms with van der Waals surface area (Å²) in [5.41, 5.74) is 9.73. The molecule has 2 aromatic carbocycles. The van der Waals surface area contributed by atoms with Gasteiger partial charge in [-0.05, 0) is 66.5 Å². The molecule has 110 valence electrons. The van der Waals surface area contributed by atoms with Crippen LogP contribution in [0.5, 0.6) is 0 Å². The van der Waals surface area contributed by atoms with Crippen molar-refractivity contribution in [2.24, 2.45) is 5.73 Å². The average Bonchev–Trinajstić information content (AvgIpc) is 2.50. The summed E-state index contributed by atoms with van der Waals surface area (Å²) in [7, 11) is 0. The van der Waals surface area contributed by atoms with E-state index in [0.29, 0.717) is 22.9 Å². The maximum absolute atomic E-state index is 13.9. The molecule has 0 saturated carbocycles.